The molecule has 3 rings (SSSR count). The van der Waals surface area contributed by atoms with Crippen LogP contribution in [0.4, 0.5) is 0 Å². The number of methoxy groups -OCH3 is 1. The molecule has 0 bridgehead atoms. The van der Waals surface area contributed by atoms with Crippen LogP contribution in [0.25, 0.3) is 0 Å². The minimum absolute atomic E-state index is 0. The third kappa shape index (κ3) is 3.73. The number of nitrogens with zero attached hydrogens (tertiary/aromatic N) is 1. The normalized spacial score (nSPS) is 18.8. The van der Waals surface area contributed by atoms with Crippen molar-refractivity contribution in [3.05, 3.63) is 29.8 Å². The molecule has 2 aliphatic rings. The predicted molar refractivity (Wildman–Crippen MR) is 89.2 cm³/mol. The Bertz CT molecular complexity index is 527. The Morgan fingerprint density at radius 2 is 2.05 bits per heavy atom. The van der Waals surface area contributed by atoms with Crippen molar-refractivity contribution in [3.63, 3.8) is 0 Å². The van der Waals surface area contributed by atoms with Crippen LogP contribution in [-0.4, -0.2) is 29.5 Å². The number of ether oxygens (including phenoxy) is 1. The fourth-order valence-corrected chi connectivity index (χ4v) is 3.03. The molecule has 0 unspecified atom stereocenters. The van der Waals surface area contributed by atoms with Gasteiger partial charge in [-0.25, -0.2) is 0 Å². The minimum atomic E-state index is -0.245. The molecular weight excluding hydrogens is 300 g/mol. The van der Waals surface area contributed by atoms with Crippen LogP contribution in [0.1, 0.15) is 44.1 Å². The zero-order valence-electron chi connectivity index (χ0n) is 13.1. The molecule has 5 heteroatoms. The molecule has 0 heterocycles. The smallest absolute Gasteiger partial charge is 0.224 e. The van der Waals surface area contributed by atoms with Crippen molar-refractivity contribution in [1.82, 2.24) is 4.90 Å². The van der Waals surface area contributed by atoms with E-state index in [0.717, 1.165) is 43.4 Å². The van der Waals surface area contributed by atoms with E-state index in [4.69, 9.17) is 10.5 Å². The maximum Gasteiger partial charge on any atom is 0.224 e. The van der Waals surface area contributed by atoms with E-state index in [1.54, 1.807) is 7.11 Å². The molecule has 0 spiro atoms. The number of amides is 1. The van der Waals surface area contributed by atoms with E-state index in [-0.39, 0.29) is 23.9 Å². The number of benzene rings is 1. The molecule has 1 amide bonds. The van der Waals surface area contributed by atoms with Gasteiger partial charge >= 0.3 is 0 Å². The molecule has 2 N–H and O–H groups in total. The van der Waals surface area contributed by atoms with E-state index < -0.39 is 0 Å². The van der Waals surface area contributed by atoms with E-state index in [9.17, 15) is 4.79 Å². The van der Waals surface area contributed by atoms with Crippen molar-refractivity contribution in [3.8, 4) is 5.75 Å². The molecule has 0 saturated heterocycles. The van der Waals surface area contributed by atoms with Crippen LogP contribution in [0.2, 0.25) is 0 Å². The molecule has 0 aliphatic heterocycles. The summed E-state index contributed by atoms with van der Waals surface area (Å²) in [7, 11) is 1.67. The fourth-order valence-electron chi connectivity index (χ4n) is 3.03. The van der Waals surface area contributed by atoms with Crippen LogP contribution in [0.5, 0.6) is 5.75 Å². The third-order valence-electron chi connectivity index (χ3n) is 4.69. The first-order valence-corrected chi connectivity index (χ1v) is 7.81. The van der Waals surface area contributed by atoms with Gasteiger partial charge in [-0.3, -0.25) is 4.79 Å². The lowest BCUT2D eigenvalue weighted by molar-refractivity contribution is -0.134. The maximum absolute atomic E-state index is 12.6. The van der Waals surface area contributed by atoms with Crippen molar-refractivity contribution in [2.75, 3.05) is 7.11 Å². The highest BCUT2D eigenvalue weighted by Crippen LogP contribution is 2.36. The van der Waals surface area contributed by atoms with Crippen molar-refractivity contribution in [1.29, 1.82) is 0 Å². The first-order valence-electron chi connectivity index (χ1n) is 7.81. The van der Waals surface area contributed by atoms with Gasteiger partial charge in [0.25, 0.3) is 0 Å². The van der Waals surface area contributed by atoms with Crippen molar-refractivity contribution < 1.29 is 9.53 Å². The average molecular weight is 325 g/mol. The second kappa shape index (κ2) is 6.88. The number of rotatable bonds is 6. The first kappa shape index (κ1) is 17.1. The van der Waals surface area contributed by atoms with Crippen molar-refractivity contribution in [2.24, 2.45) is 5.73 Å². The highest BCUT2D eigenvalue weighted by Gasteiger charge is 2.39. The number of carbonyl (C=O) groups is 1. The highest BCUT2D eigenvalue weighted by molar-refractivity contribution is 5.85. The zero-order chi connectivity index (χ0) is 14.9. The average Bonchev–Trinajstić information content (AvgIpc) is 3.27. The number of hydrogen-bond donors (Lipinski definition) is 1. The number of halogens is 1. The summed E-state index contributed by atoms with van der Waals surface area (Å²) < 4.78 is 5.40. The van der Waals surface area contributed by atoms with E-state index in [2.05, 4.69) is 0 Å². The molecule has 2 saturated carbocycles. The molecule has 2 fully saturated rings. The standard InChI is InChI=1S/C17H24N2O2.ClH/c1-21-15-6-3-2-5-13(15)12-19(14-7-8-14)16(20)11-17(18)9-4-10-17;/h2-3,5-6,14H,4,7-12,18H2,1H3;1H. The van der Waals surface area contributed by atoms with Gasteiger partial charge in [0.2, 0.25) is 5.91 Å². The number of para-hydroxylation sites is 1. The molecule has 2 aliphatic carbocycles. The second-order valence-electron chi connectivity index (χ2n) is 6.46. The van der Waals surface area contributed by atoms with Gasteiger partial charge in [0.05, 0.1) is 7.11 Å². The SMILES string of the molecule is COc1ccccc1CN(C(=O)CC1(N)CCC1)C1CC1.Cl. The summed E-state index contributed by atoms with van der Waals surface area (Å²) in [5.41, 5.74) is 7.06. The Balaban J connectivity index is 0.00000176. The van der Waals surface area contributed by atoms with Gasteiger partial charge in [-0.2, -0.15) is 0 Å². The minimum Gasteiger partial charge on any atom is -0.496 e. The predicted octanol–water partition coefficient (Wildman–Crippen LogP) is 2.88. The molecule has 0 atom stereocenters. The van der Waals surface area contributed by atoms with Gasteiger partial charge in [0.15, 0.2) is 0 Å². The van der Waals surface area contributed by atoms with Gasteiger partial charge in [0.1, 0.15) is 5.75 Å². The molecule has 122 valence electrons. The Labute approximate surface area is 138 Å². The lowest BCUT2D eigenvalue weighted by atomic mass is 9.75. The monoisotopic (exact) mass is 324 g/mol. The Kier molecular flexibility index (Phi) is 5.35. The van der Waals surface area contributed by atoms with Crippen LogP contribution in [0.3, 0.4) is 0 Å². The summed E-state index contributed by atoms with van der Waals surface area (Å²) in [6.45, 7) is 0.629. The van der Waals surface area contributed by atoms with Gasteiger partial charge in [-0.15, -0.1) is 12.4 Å². The van der Waals surface area contributed by atoms with Crippen molar-refractivity contribution in [2.45, 2.75) is 56.7 Å². The molecule has 1 aromatic rings. The van der Waals surface area contributed by atoms with Gasteiger partial charge in [-0.05, 0) is 38.2 Å². The summed E-state index contributed by atoms with van der Waals surface area (Å²) >= 11 is 0. The molecule has 0 aromatic heterocycles. The summed E-state index contributed by atoms with van der Waals surface area (Å²) in [5, 5.41) is 0. The summed E-state index contributed by atoms with van der Waals surface area (Å²) in [5.74, 6) is 1.05. The van der Waals surface area contributed by atoms with Crippen LogP contribution in [-0.2, 0) is 11.3 Å². The molecule has 0 radical (unpaired) electrons. The van der Waals surface area contributed by atoms with E-state index >= 15 is 0 Å². The molecular formula is C17H25ClN2O2. The van der Waals surface area contributed by atoms with Gasteiger partial charge in [-0.1, -0.05) is 18.2 Å². The van der Waals surface area contributed by atoms with E-state index in [0.29, 0.717) is 19.0 Å². The van der Waals surface area contributed by atoms with Crippen molar-refractivity contribution >= 4 is 18.3 Å². The second-order valence-corrected chi connectivity index (χ2v) is 6.46. The summed E-state index contributed by atoms with van der Waals surface area (Å²) in [4.78, 5) is 14.6. The Morgan fingerprint density at radius 3 is 2.59 bits per heavy atom. The van der Waals surface area contributed by atoms with E-state index in [1.807, 2.05) is 29.2 Å². The fraction of sp³-hybridized carbons (Fsp3) is 0.588. The zero-order valence-corrected chi connectivity index (χ0v) is 13.9. The Morgan fingerprint density at radius 1 is 1.36 bits per heavy atom. The van der Waals surface area contributed by atoms with Crippen LogP contribution >= 0.6 is 12.4 Å². The molecule has 4 nitrogen and oxygen atoms in total. The lowest BCUT2D eigenvalue weighted by Crippen LogP contribution is -2.50. The lowest BCUT2D eigenvalue weighted by Gasteiger charge is -2.39. The maximum atomic E-state index is 12.6. The first-order chi connectivity index (χ1) is 10.1. The summed E-state index contributed by atoms with van der Waals surface area (Å²) in [6.07, 6.45) is 5.81. The van der Waals surface area contributed by atoms with Gasteiger partial charge < -0.3 is 15.4 Å². The summed E-state index contributed by atoms with van der Waals surface area (Å²) in [6, 6.07) is 8.31. The number of carbonyl (C=O) groups excluding carboxylic acids is 1. The number of hydrogen-bond acceptors (Lipinski definition) is 3. The van der Waals surface area contributed by atoms with E-state index in [1.165, 1.54) is 0 Å². The van der Waals surface area contributed by atoms with Gasteiger partial charge in [0, 0.05) is 30.1 Å². The van der Waals surface area contributed by atoms with Crippen LogP contribution in [0.15, 0.2) is 24.3 Å². The largest absolute Gasteiger partial charge is 0.496 e. The third-order valence-corrected chi connectivity index (χ3v) is 4.69. The van der Waals surface area contributed by atoms with Crippen LogP contribution < -0.4 is 10.5 Å². The molecule has 22 heavy (non-hydrogen) atoms. The molecule has 1 aromatic carbocycles. The number of nitrogens with two attached hydrogens (primary N) is 1. The Hall–Kier alpha value is -1.26. The van der Waals surface area contributed by atoms with Crippen LogP contribution in [0, 0.1) is 0 Å². The quantitative estimate of drug-likeness (QED) is 0.875. The topological polar surface area (TPSA) is 55.6 Å². The highest BCUT2D eigenvalue weighted by atomic mass is 35.5.